The molecule has 4 heteroatoms. The molecule has 2 aromatic rings. The Balaban J connectivity index is 1.46. The van der Waals surface area contributed by atoms with E-state index in [2.05, 4.69) is 39.9 Å². The molecule has 0 bridgehead atoms. The largest absolute Gasteiger partial charge is 0.384 e. The lowest BCUT2D eigenvalue weighted by Gasteiger charge is -2.22. The van der Waals surface area contributed by atoms with Crippen LogP contribution in [0.2, 0.25) is 0 Å². The number of benzene rings is 1. The number of carbonyl (C=O) groups is 1. The summed E-state index contributed by atoms with van der Waals surface area (Å²) < 4.78 is 0. The number of hydrogen-bond donors (Lipinski definition) is 2. The molecule has 1 heterocycles. The first kappa shape index (κ1) is 17.5. The van der Waals surface area contributed by atoms with Crippen molar-refractivity contribution in [3.8, 4) is 0 Å². The molecular weight excluding hydrogens is 310 g/mol. The van der Waals surface area contributed by atoms with Crippen LogP contribution in [0.3, 0.4) is 0 Å². The molecule has 0 atom stereocenters. The van der Waals surface area contributed by atoms with Gasteiger partial charge in [0.2, 0.25) is 0 Å². The Kier molecular flexibility index (Phi) is 6.43. The molecule has 132 valence electrons. The quantitative estimate of drug-likeness (QED) is 0.745. The van der Waals surface area contributed by atoms with Crippen LogP contribution < -0.4 is 10.6 Å². The van der Waals surface area contributed by atoms with Gasteiger partial charge in [-0.25, -0.2) is 0 Å². The normalized spacial score (nSPS) is 14.9. The number of aromatic nitrogens is 1. The second kappa shape index (κ2) is 9.21. The molecule has 1 aliphatic rings. The van der Waals surface area contributed by atoms with Gasteiger partial charge in [0.1, 0.15) is 0 Å². The van der Waals surface area contributed by atoms with Crippen LogP contribution in [0.5, 0.6) is 0 Å². The van der Waals surface area contributed by atoms with Crippen LogP contribution in [-0.2, 0) is 6.42 Å². The smallest absolute Gasteiger partial charge is 0.253 e. The first-order valence-electron chi connectivity index (χ1n) is 9.35. The van der Waals surface area contributed by atoms with Crippen molar-refractivity contribution in [2.75, 3.05) is 11.9 Å². The van der Waals surface area contributed by atoms with E-state index in [-0.39, 0.29) is 5.91 Å². The van der Waals surface area contributed by atoms with E-state index in [4.69, 9.17) is 0 Å². The van der Waals surface area contributed by atoms with Gasteiger partial charge in [0.25, 0.3) is 5.91 Å². The SMILES string of the molecule is O=C(NC1CCCCC1)c1cncc(NCCCc2ccccc2)c1. The molecule has 0 saturated heterocycles. The number of carbonyl (C=O) groups excluding carboxylic acids is 1. The minimum absolute atomic E-state index is 0.00710. The number of nitrogens with one attached hydrogen (secondary N) is 2. The van der Waals surface area contributed by atoms with Gasteiger partial charge in [0, 0.05) is 25.0 Å². The minimum atomic E-state index is -0.00710. The Morgan fingerprint density at radius 2 is 1.88 bits per heavy atom. The van der Waals surface area contributed by atoms with Crippen molar-refractivity contribution in [3.63, 3.8) is 0 Å². The molecule has 1 aromatic carbocycles. The standard InChI is InChI=1S/C21H27N3O/c25-21(24-19-11-5-2-6-12-19)18-14-20(16-22-15-18)23-13-7-10-17-8-3-1-4-9-17/h1,3-4,8-9,14-16,19,23H,2,5-7,10-13H2,(H,24,25). The molecule has 1 aromatic heterocycles. The zero-order valence-corrected chi connectivity index (χ0v) is 14.7. The Morgan fingerprint density at radius 3 is 2.68 bits per heavy atom. The van der Waals surface area contributed by atoms with Gasteiger partial charge in [-0.2, -0.15) is 0 Å². The maximum absolute atomic E-state index is 12.4. The summed E-state index contributed by atoms with van der Waals surface area (Å²) in [4.78, 5) is 16.6. The molecule has 0 radical (unpaired) electrons. The molecule has 4 nitrogen and oxygen atoms in total. The summed E-state index contributed by atoms with van der Waals surface area (Å²) >= 11 is 0. The lowest BCUT2D eigenvalue weighted by atomic mass is 9.95. The predicted molar refractivity (Wildman–Crippen MR) is 102 cm³/mol. The number of pyridine rings is 1. The number of rotatable bonds is 7. The molecule has 3 rings (SSSR count). The van der Waals surface area contributed by atoms with Crippen LogP contribution in [0.4, 0.5) is 5.69 Å². The summed E-state index contributed by atoms with van der Waals surface area (Å²) in [6.45, 7) is 0.865. The average molecular weight is 337 g/mol. The van der Waals surface area contributed by atoms with Crippen molar-refractivity contribution in [3.05, 3.63) is 59.9 Å². The van der Waals surface area contributed by atoms with Crippen molar-refractivity contribution in [2.45, 2.75) is 51.0 Å². The molecule has 0 aliphatic heterocycles. The molecular formula is C21H27N3O. The first-order valence-corrected chi connectivity index (χ1v) is 9.35. The third-order valence-corrected chi connectivity index (χ3v) is 4.76. The summed E-state index contributed by atoms with van der Waals surface area (Å²) in [6, 6.07) is 12.7. The van der Waals surface area contributed by atoms with Crippen molar-refractivity contribution >= 4 is 11.6 Å². The van der Waals surface area contributed by atoms with Crippen molar-refractivity contribution in [1.29, 1.82) is 0 Å². The summed E-state index contributed by atoms with van der Waals surface area (Å²) in [6.07, 6.45) is 11.4. The maximum atomic E-state index is 12.4. The van der Waals surface area contributed by atoms with Crippen LogP contribution in [0.25, 0.3) is 0 Å². The van der Waals surface area contributed by atoms with E-state index in [0.29, 0.717) is 11.6 Å². The number of aryl methyl sites for hydroxylation is 1. The number of amides is 1. The Hall–Kier alpha value is -2.36. The van der Waals surface area contributed by atoms with Crippen LogP contribution in [0.15, 0.2) is 48.8 Å². The van der Waals surface area contributed by atoms with Crippen molar-refractivity contribution in [2.24, 2.45) is 0 Å². The van der Waals surface area contributed by atoms with Crippen molar-refractivity contribution < 1.29 is 4.79 Å². The van der Waals surface area contributed by atoms with Crippen LogP contribution in [-0.4, -0.2) is 23.5 Å². The van der Waals surface area contributed by atoms with E-state index < -0.39 is 0 Å². The Morgan fingerprint density at radius 1 is 1.08 bits per heavy atom. The second-order valence-corrected chi connectivity index (χ2v) is 6.79. The second-order valence-electron chi connectivity index (χ2n) is 6.79. The van der Waals surface area contributed by atoms with E-state index in [1.165, 1.54) is 24.8 Å². The topological polar surface area (TPSA) is 54.0 Å². The van der Waals surface area contributed by atoms with Crippen LogP contribution in [0.1, 0.15) is 54.4 Å². The molecule has 1 fully saturated rings. The van der Waals surface area contributed by atoms with Gasteiger partial charge >= 0.3 is 0 Å². The van der Waals surface area contributed by atoms with E-state index in [0.717, 1.165) is 37.9 Å². The fraction of sp³-hybridized carbons (Fsp3) is 0.429. The zero-order valence-electron chi connectivity index (χ0n) is 14.7. The molecule has 1 saturated carbocycles. The van der Waals surface area contributed by atoms with Crippen LogP contribution in [0, 0.1) is 0 Å². The van der Waals surface area contributed by atoms with Gasteiger partial charge in [-0.15, -0.1) is 0 Å². The van der Waals surface area contributed by atoms with Gasteiger partial charge in [-0.05, 0) is 37.3 Å². The fourth-order valence-electron chi connectivity index (χ4n) is 3.35. The minimum Gasteiger partial charge on any atom is -0.384 e. The monoisotopic (exact) mass is 337 g/mol. The number of nitrogens with zero attached hydrogens (tertiary/aromatic N) is 1. The first-order chi connectivity index (χ1) is 12.3. The van der Waals surface area contributed by atoms with Crippen molar-refractivity contribution in [1.82, 2.24) is 10.3 Å². The van der Waals surface area contributed by atoms with E-state index in [1.807, 2.05) is 12.1 Å². The number of anilines is 1. The number of hydrogen-bond acceptors (Lipinski definition) is 3. The van der Waals surface area contributed by atoms with Gasteiger partial charge in [0.15, 0.2) is 0 Å². The van der Waals surface area contributed by atoms with Gasteiger partial charge in [-0.3, -0.25) is 9.78 Å². The van der Waals surface area contributed by atoms with E-state index >= 15 is 0 Å². The molecule has 2 N–H and O–H groups in total. The molecule has 0 unspecified atom stereocenters. The maximum Gasteiger partial charge on any atom is 0.253 e. The zero-order chi connectivity index (χ0) is 17.3. The van der Waals surface area contributed by atoms with E-state index in [9.17, 15) is 4.79 Å². The third-order valence-electron chi connectivity index (χ3n) is 4.76. The van der Waals surface area contributed by atoms with E-state index in [1.54, 1.807) is 12.4 Å². The summed E-state index contributed by atoms with van der Waals surface area (Å²) in [7, 11) is 0. The third kappa shape index (κ3) is 5.59. The Bertz CT molecular complexity index is 666. The van der Waals surface area contributed by atoms with Gasteiger partial charge < -0.3 is 10.6 Å². The molecule has 1 aliphatic carbocycles. The lowest BCUT2D eigenvalue weighted by Crippen LogP contribution is -2.36. The average Bonchev–Trinajstić information content (AvgIpc) is 2.67. The predicted octanol–water partition coefficient (Wildman–Crippen LogP) is 4.19. The van der Waals surface area contributed by atoms with Gasteiger partial charge in [-0.1, -0.05) is 49.6 Å². The molecule has 0 spiro atoms. The summed E-state index contributed by atoms with van der Waals surface area (Å²) in [5.74, 6) is -0.00710. The molecule has 1 amide bonds. The van der Waals surface area contributed by atoms with Crippen LogP contribution >= 0.6 is 0 Å². The fourth-order valence-corrected chi connectivity index (χ4v) is 3.35. The lowest BCUT2D eigenvalue weighted by molar-refractivity contribution is 0.0927. The van der Waals surface area contributed by atoms with Gasteiger partial charge in [0.05, 0.1) is 11.3 Å². The summed E-state index contributed by atoms with van der Waals surface area (Å²) in [5.41, 5.74) is 2.89. The molecule has 25 heavy (non-hydrogen) atoms. The highest BCUT2D eigenvalue weighted by molar-refractivity contribution is 5.94. The highest BCUT2D eigenvalue weighted by Gasteiger charge is 2.16. The Labute approximate surface area is 150 Å². The highest BCUT2D eigenvalue weighted by atomic mass is 16.1. The summed E-state index contributed by atoms with van der Waals surface area (Å²) in [5, 5.41) is 6.52. The highest BCUT2D eigenvalue weighted by Crippen LogP contribution is 2.18.